The molecule has 0 spiro atoms. The summed E-state index contributed by atoms with van der Waals surface area (Å²) in [5.41, 5.74) is 0. The normalized spacial score (nSPS) is 28.7. The van der Waals surface area contributed by atoms with Crippen molar-refractivity contribution >= 4 is 16.1 Å². The SMILES string of the molecule is CC(C)CN1[C@@H]2CN(C(=O)NC(C)C)C[C@@H]2OCCS1(=O)=O. The van der Waals surface area contributed by atoms with Crippen molar-refractivity contribution in [2.75, 3.05) is 32.0 Å². The van der Waals surface area contributed by atoms with E-state index in [4.69, 9.17) is 4.74 Å². The van der Waals surface area contributed by atoms with Crippen molar-refractivity contribution in [3.63, 3.8) is 0 Å². The maximum atomic E-state index is 12.5. The van der Waals surface area contributed by atoms with Crippen LogP contribution >= 0.6 is 0 Å². The Morgan fingerprint density at radius 2 is 1.95 bits per heavy atom. The molecule has 2 aliphatic heterocycles. The number of hydrogen-bond acceptors (Lipinski definition) is 4. The summed E-state index contributed by atoms with van der Waals surface area (Å²) in [6, 6.07) is -0.393. The van der Waals surface area contributed by atoms with Gasteiger partial charge in [-0.2, -0.15) is 4.31 Å². The van der Waals surface area contributed by atoms with Crippen LogP contribution in [0.5, 0.6) is 0 Å². The Hall–Kier alpha value is -0.860. The van der Waals surface area contributed by atoms with Crippen molar-refractivity contribution in [2.24, 2.45) is 5.92 Å². The molecule has 0 aliphatic carbocycles. The highest BCUT2D eigenvalue weighted by molar-refractivity contribution is 7.89. The minimum absolute atomic E-state index is 0.0188. The predicted octanol–water partition coefficient (Wildman–Crippen LogP) is 0.475. The van der Waals surface area contributed by atoms with Gasteiger partial charge in [-0.25, -0.2) is 13.2 Å². The second-order valence-electron chi connectivity index (χ2n) is 6.77. The van der Waals surface area contributed by atoms with Crippen molar-refractivity contribution in [3.8, 4) is 0 Å². The number of nitrogens with one attached hydrogen (secondary N) is 1. The molecule has 8 heteroatoms. The summed E-state index contributed by atoms with van der Waals surface area (Å²) in [6.07, 6.45) is -0.242. The van der Waals surface area contributed by atoms with Gasteiger partial charge in [-0.15, -0.1) is 0 Å². The van der Waals surface area contributed by atoms with Gasteiger partial charge in [-0.3, -0.25) is 0 Å². The molecule has 128 valence electrons. The van der Waals surface area contributed by atoms with Crippen molar-refractivity contribution in [1.82, 2.24) is 14.5 Å². The summed E-state index contributed by atoms with van der Waals surface area (Å²) >= 11 is 0. The number of fused-ring (bicyclic) bond motifs is 1. The number of carbonyl (C=O) groups is 1. The Morgan fingerprint density at radius 3 is 2.55 bits per heavy atom. The lowest BCUT2D eigenvalue weighted by Gasteiger charge is -2.29. The number of amides is 2. The number of urea groups is 1. The van der Waals surface area contributed by atoms with Crippen LogP contribution in [0.1, 0.15) is 27.7 Å². The second-order valence-corrected chi connectivity index (χ2v) is 8.81. The van der Waals surface area contributed by atoms with Crippen LogP contribution in [-0.2, 0) is 14.8 Å². The molecule has 0 radical (unpaired) electrons. The molecule has 0 unspecified atom stereocenters. The lowest BCUT2D eigenvalue weighted by Crippen LogP contribution is -2.48. The average molecular weight is 333 g/mol. The second kappa shape index (κ2) is 6.72. The van der Waals surface area contributed by atoms with Crippen molar-refractivity contribution in [2.45, 2.75) is 45.9 Å². The zero-order valence-corrected chi connectivity index (χ0v) is 14.6. The molecular formula is C14H27N3O4S. The molecule has 0 aromatic heterocycles. The quantitative estimate of drug-likeness (QED) is 0.814. The number of nitrogens with zero attached hydrogens (tertiary/aromatic N) is 2. The Bertz CT molecular complexity index is 506. The van der Waals surface area contributed by atoms with Gasteiger partial charge in [0.15, 0.2) is 0 Å². The van der Waals surface area contributed by atoms with E-state index < -0.39 is 10.0 Å². The van der Waals surface area contributed by atoms with Crippen LogP contribution in [0.4, 0.5) is 4.79 Å². The summed E-state index contributed by atoms with van der Waals surface area (Å²) in [7, 11) is -3.33. The number of carbonyl (C=O) groups excluding carboxylic acids is 1. The highest BCUT2D eigenvalue weighted by Gasteiger charge is 2.45. The zero-order valence-electron chi connectivity index (χ0n) is 13.8. The van der Waals surface area contributed by atoms with Crippen LogP contribution in [0.25, 0.3) is 0 Å². The molecule has 2 fully saturated rings. The van der Waals surface area contributed by atoms with E-state index >= 15 is 0 Å². The van der Waals surface area contributed by atoms with Gasteiger partial charge in [0.25, 0.3) is 0 Å². The molecule has 1 N–H and O–H groups in total. The zero-order chi connectivity index (χ0) is 16.5. The molecule has 0 saturated carbocycles. The van der Waals surface area contributed by atoms with E-state index in [-0.39, 0.29) is 42.5 Å². The molecule has 2 saturated heterocycles. The Morgan fingerprint density at radius 1 is 1.27 bits per heavy atom. The van der Waals surface area contributed by atoms with E-state index in [9.17, 15) is 13.2 Å². The molecule has 7 nitrogen and oxygen atoms in total. The lowest BCUT2D eigenvalue weighted by atomic mass is 10.1. The molecule has 2 rings (SSSR count). The third-order valence-corrected chi connectivity index (χ3v) is 5.70. The molecule has 2 atom stereocenters. The summed E-state index contributed by atoms with van der Waals surface area (Å²) in [6.45, 7) is 9.27. The molecule has 2 amide bonds. The third-order valence-electron chi connectivity index (χ3n) is 3.88. The number of ether oxygens (including phenoxy) is 1. The number of likely N-dealkylation sites (tertiary alicyclic amines) is 1. The van der Waals surface area contributed by atoms with Crippen molar-refractivity contribution < 1.29 is 17.9 Å². The molecule has 2 aliphatic rings. The van der Waals surface area contributed by atoms with E-state index in [0.717, 1.165) is 0 Å². The first-order valence-corrected chi connectivity index (χ1v) is 9.48. The minimum atomic E-state index is -3.33. The monoisotopic (exact) mass is 333 g/mol. The smallest absolute Gasteiger partial charge is 0.317 e. The van der Waals surface area contributed by atoms with Gasteiger partial charge < -0.3 is 15.0 Å². The van der Waals surface area contributed by atoms with E-state index in [1.807, 2.05) is 27.7 Å². The molecule has 0 aromatic carbocycles. The summed E-state index contributed by atoms with van der Waals surface area (Å²) < 4.78 is 32.2. The van der Waals surface area contributed by atoms with Crippen LogP contribution in [0.15, 0.2) is 0 Å². The average Bonchev–Trinajstić information content (AvgIpc) is 2.74. The van der Waals surface area contributed by atoms with Gasteiger partial charge in [0.05, 0.1) is 31.1 Å². The van der Waals surface area contributed by atoms with Crippen LogP contribution in [0.3, 0.4) is 0 Å². The van der Waals surface area contributed by atoms with Gasteiger partial charge in [-0.05, 0) is 19.8 Å². The van der Waals surface area contributed by atoms with Crippen molar-refractivity contribution in [3.05, 3.63) is 0 Å². The molecule has 22 heavy (non-hydrogen) atoms. The van der Waals surface area contributed by atoms with E-state index in [0.29, 0.717) is 19.6 Å². The number of rotatable bonds is 3. The van der Waals surface area contributed by atoms with Gasteiger partial charge >= 0.3 is 6.03 Å². The van der Waals surface area contributed by atoms with Gasteiger partial charge in [0.2, 0.25) is 10.0 Å². The third kappa shape index (κ3) is 3.91. The van der Waals surface area contributed by atoms with Crippen LogP contribution in [0.2, 0.25) is 0 Å². The summed E-state index contributed by atoms with van der Waals surface area (Å²) in [4.78, 5) is 13.8. The Kier molecular flexibility index (Phi) is 5.34. The standard InChI is InChI=1S/C14H27N3O4S/c1-10(2)7-17-12-8-16(14(18)15-11(3)4)9-13(12)21-5-6-22(17,19)20/h10-13H,5-9H2,1-4H3,(H,15,18)/t12-,13+/m1/s1. The first-order chi connectivity index (χ1) is 10.2. The Balaban J connectivity index is 2.17. The van der Waals surface area contributed by atoms with Gasteiger partial charge in [-0.1, -0.05) is 13.8 Å². The highest BCUT2D eigenvalue weighted by Crippen LogP contribution is 2.26. The summed E-state index contributed by atoms with van der Waals surface area (Å²) in [5, 5.41) is 2.85. The van der Waals surface area contributed by atoms with Crippen LogP contribution in [-0.4, -0.2) is 73.8 Å². The molecule has 2 heterocycles. The fourth-order valence-corrected chi connectivity index (χ4v) is 4.62. The van der Waals surface area contributed by atoms with E-state index in [2.05, 4.69) is 5.32 Å². The molecular weight excluding hydrogens is 306 g/mol. The van der Waals surface area contributed by atoms with Gasteiger partial charge in [0.1, 0.15) is 0 Å². The lowest BCUT2D eigenvalue weighted by molar-refractivity contribution is 0.0466. The summed E-state index contributed by atoms with van der Waals surface area (Å²) in [5.74, 6) is 0.248. The number of hydrogen-bond donors (Lipinski definition) is 1. The minimum Gasteiger partial charge on any atom is -0.374 e. The maximum absolute atomic E-state index is 12.5. The fraction of sp³-hybridized carbons (Fsp3) is 0.929. The van der Waals surface area contributed by atoms with E-state index in [1.54, 1.807) is 9.21 Å². The van der Waals surface area contributed by atoms with Crippen LogP contribution in [0, 0.1) is 5.92 Å². The number of sulfonamides is 1. The topological polar surface area (TPSA) is 79.0 Å². The molecule has 0 bridgehead atoms. The van der Waals surface area contributed by atoms with Gasteiger partial charge in [0, 0.05) is 19.1 Å². The highest BCUT2D eigenvalue weighted by atomic mass is 32.2. The van der Waals surface area contributed by atoms with Crippen molar-refractivity contribution in [1.29, 1.82) is 0 Å². The first-order valence-electron chi connectivity index (χ1n) is 7.87. The largest absolute Gasteiger partial charge is 0.374 e. The van der Waals surface area contributed by atoms with E-state index in [1.165, 1.54) is 0 Å². The molecule has 0 aromatic rings. The first kappa shape index (κ1) is 17.5. The predicted molar refractivity (Wildman–Crippen MR) is 84.1 cm³/mol. The van der Waals surface area contributed by atoms with Crippen LogP contribution < -0.4 is 5.32 Å². The fourth-order valence-electron chi connectivity index (χ4n) is 2.94. The maximum Gasteiger partial charge on any atom is 0.317 e. The Labute approximate surface area is 133 Å².